The van der Waals surface area contributed by atoms with Gasteiger partial charge in [-0.25, -0.2) is 0 Å². The molecule has 0 radical (unpaired) electrons. The van der Waals surface area contributed by atoms with Crippen molar-refractivity contribution in [1.29, 1.82) is 0 Å². The zero-order valence-electron chi connectivity index (χ0n) is 11.6. The van der Waals surface area contributed by atoms with Gasteiger partial charge in [-0.15, -0.1) is 0 Å². The summed E-state index contributed by atoms with van der Waals surface area (Å²) in [4.78, 5) is 11.4. The molecular weight excluding hydrogens is 200 g/mol. The van der Waals surface area contributed by atoms with Crippen LogP contribution in [0.5, 0.6) is 0 Å². The minimum Gasteiger partial charge on any atom is -0.465 e. The minimum absolute atomic E-state index is 0.0368. The Morgan fingerprint density at radius 2 is 1.88 bits per heavy atom. The van der Waals surface area contributed by atoms with E-state index in [1.165, 1.54) is 0 Å². The maximum atomic E-state index is 11.4. The summed E-state index contributed by atoms with van der Waals surface area (Å²) in [6.45, 7) is 11.4. The van der Waals surface area contributed by atoms with Crippen LogP contribution in [0, 0.1) is 11.3 Å². The topological polar surface area (TPSA) is 26.3 Å². The Kier molecular flexibility index (Phi) is 7.44. The van der Waals surface area contributed by atoms with Gasteiger partial charge in [-0.1, -0.05) is 47.5 Å². The number of esters is 1. The lowest BCUT2D eigenvalue weighted by Gasteiger charge is -2.26. The Morgan fingerprint density at radius 3 is 2.38 bits per heavy atom. The number of carbonyl (C=O) groups excluding carboxylic acids is 1. The fraction of sp³-hybridized carbons (Fsp3) is 0.929. The second kappa shape index (κ2) is 7.70. The fourth-order valence-electron chi connectivity index (χ4n) is 2.03. The van der Waals surface area contributed by atoms with Crippen LogP contribution in [0.4, 0.5) is 0 Å². The molecule has 0 bridgehead atoms. The van der Waals surface area contributed by atoms with Crippen LogP contribution in [-0.4, -0.2) is 12.6 Å². The average Bonchev–Trinajstić information content (AvgIpc) is 2.13. The first-order chi connectivity index (χ1) is 7.37. The molecule has 0 N–H and O–H groups in total. The molecule has 0 heterocycles. The van der Waals surface area contributed by atoms with Crippen LogP contribution in [0.1, 0.15) is 66.7 Å². The highest BCUT2D eigenvalue weighted by Crippen LogP contribution is 2.25. The summed E-state index contributed by atoms with van der Waals surface area (Å²) < 4.78 is 5.32. The predicted octanol–water partition coefficient (Wildman–Crippen LogP) is 4.18. The van der Waals surface area contributed by atoms with Crippen LogP contribution in [0.25, 0.3) is 0 Å². The van der Waals surface area contributed by atoms with E-state index >= 15 is 0 Å². The van der Waals surface area contributed by atoms with Crippen molar-refractivity contribution in [2.45, 2.75) is 66.7 Å². The molecule has 16 heavy (non-hydrogen) atoms. The Morgan fingerprint density at radius 1 is 1.25 bits per heavy atom. The van der Waals surface area contributed by atoms with Gasteiger partial charge in [-0.3, -0.25) is 4.79 Å². The van der Waals surface area contributed by atoms with Gasteiger partial charge in [-0.05, 0) is 24.2 Å². The van der Waals surface area contributed by atoms with Crippen LogP contribution in [0.2, 0.25) is 0 Å². The molecule has 0 amide bonds. The maximum Gasteiger partial charge on any atom is 0.305 e. The highest BCUT2D eigenvalue weighted by molar-refractivity contribution is 5.69. The van der Waals surface area contributed by atoms with Crippen LogP contribution < -0.4 is 0 Å². The van der Waals surface area contributed by atoms with Crippen molar-refractivity contribution < 1.29 is 9.53 Å². The molecule has 0 fully saturated rings. The van der Waals surface area contributed by atoms with Crippen molar-refractivity contribution in [2.24, 2.45) is 11.3 Å². The molecule has 0 aromatic carbocycles. The van der Waals surface area contributed by atoms with E-state index in [4.69, 9.17) is 4.74 Å². The van der Waals surface area contributed by atoms with E-state index < -0.39 is 0 Å². The van der Waals surface area contributed by atoms with Gasteiger partial charge in [0.05, 0.1) is 6.61 Å². The molecule has 96 valence electrons. The molecule has 0 aliphatic carbocycles. The van der Waals surface area contributed by atoms with Gasteiger partial charge in [0, 0.05) is 6.42 Å². The lowest BCUT2D eigenvalue weighted by atomic mass is 9.85. The van der Waals surface area contributed by atoms with E-state index in [2.05, 4.69) is 34.6 Å². The second-order valence-electron chi connectivity index (χ2n) is 5.88. The van der Waals surface area contributed by atoms with Gasteiger partial charge in [0.1, 0.15) is 0 Å². The number of carbonyl (C=O) groups is 1. The molecule has 0 saturated heterocycles. The lowest BCUT2D eigenvalue weighted by molar-refractivity contribution is -0.147. The van der Waals surface area contributed by atoms with Gasteiger partial charge < -0.3 is 4.74 Å². The zero-order valence-corrected chi connectivity index (χ0v) is 11.6. The number of unbranched alkanes of at least 4 members (excludes halogenated alkanes) is 2. The lowest BCUT2D eigenvalue weighted by Crippen LogP contribution is -2.23. The van der Waals surface area contributed by atoms with Crippen molar-refractivity contribution in [1.82, 2.24) is 0 Å². The van der Waals surface area contributed by atoms with Gasteiger partial charge in [-0.2, -0.15) is 0 Å². The van der Waals surface area contributed by atoms with Gasteiger partial charge in [0.25, 0.3) is 0 Å². The molecule has 0 aromatic rings. The Bertz CT molecular complexity index is 195. The predicted molar refractivity (Wildman–Crippen MR) is 68.3 cm³/mol. The van der Waals surface area contributed by atoms with Crippen LogP contribution >= 0.6 is 0 Å². The monoisotopic (exact) mass is 228 g/mol. The maximum absolute atomic E-state index is 11.4. The van der Waals surface area contributed by atoms with Gasteiger partial charge in [0.2, 0.25) is 0 Å². The van der Waals surface area contributed by atoms with Crippen molar-refractivity contribution in [3.63, 3.8) is 0 Å². The Labute approximate surface area is 101 Å². The second-order valence-corrected chi connectivity index (χ2v) is 5.88. The summed E-state index contributed by atoms with van der Waals surface area (Å²) in [5.74, 6) is 0.610. The molecule has 0 saturated carbocycles. The largest absolute Gasteiger partial charge is 0.465 e. The van der Waals surface area contributed by atoms with E-state index in [9.17, 15) is 4.79 Å². The number of hydrogen-bond donors (Lipinski definition) is 0. The molecule has 0 aromatic heterocycles. The summed E-state index contributed by atoms with van der Waals surface area (Å²) in [5, 5.41) is 0. The third kappa shape index (κ3) is 8.75. The number of rotatable bonds is 8. The summed E-state index contributed by atoms with van der Waals surface area (Å²) in [6.07, 6.45) is 4.89. The van der Waals surface area contributed by atoms with Crippen molar-refractivity contribution in [3.8, 4) is 0 Å². The van der Waals surface area contributed by atoms with E-state index in [0.29, 0.717) is 18.9 Å². The van der Waals surface area contributed by atoms with Crippen LogP contribution in [0.3, 0.4) is 0 Å². The molecule has 0 atom stereocenters. The normalized spacial score (nSPS) is 11.9. The van der Waals surface area contributed by atoms with Gasteiger partial charge >= 0.3 is 5.97 Å². The van der Waals surface area contributed by atoms with Crippen LogP contribution in [-0.2, 0) is 9.53 Å². The standard InChI is InChI=1S/C14H28O2/c1-6-7-8-9-13(15)16-11-14(4,5)10-12(2)3/h12H,6-11H2,1-5H3. The molecule has 2 nitrogen and oxygen atoms in total. The Hall–Kier alpha value is -0.530. The third-order valence-electron chi connectivity index (χ3n) is 2.57. The van der Waals surface area contributed by atoms with Crippen molar-refractivity contribution in [2.75, 3.05) is 6.61 Å². The first kappa shape index (κ1) is 15.5. The summed E-state index contributed by atoms with van der Waals surface area (Å²) in [5.41, 5.74) is 0.106. The molecule has 0 spiro atoms. The molecule has 0 rings (SSSR count). The SMILES string of the molecule is CCCCCC(=O)OCC(C)(C)CC(C)C. The van der Waals surface area contributed by atoms with E-state index in [0.717, 1.165) is 25.7 Å². The van der Waals surface area contributed by atoms with Crippen molar-refractivity contribution >= 4 is 5.97 Å². The number of ether oxygens (including phenoxy) is 1. The molecule has 0 aliphatic heterocycles. The van der Waals surface area contributed by atoms with E-state index in [1.807, 2.05) is 0 Å². The smallest absolute Gasteiger partial charge is 0.305 e. The zero-order chi connectivity index (χ0) is 12.6. The summed E-state index contributed by atoms with van der Waals surface area (Å²) in [6, 6.07) is 0. The first-order valence-electron chi connectivity index (χ1n) is 6.53. The first-order valence-corrected chi connectivity index (χ1v) is 6.53. The third-order valence-corrected chi connectivity index (χ3v) is 2.57. The van der Waals surface area contributed by atoms with Gasteiger partial charge in [0.15, 0.2) is 0 Å². The number of hydrogen-bond acceptors (Lipinski definition) is 2. The van der Waals surface area contributed by atoms with Crippen molar-refractivity contribution in [3.05, 3.63) is 0 Å². The van der Waals surface area contributed by atoms with E-state index in [1.54, 1.807) is 0 Å². The highest BCUT2D eigenvalue weighted by Gasteiger charge is 2.21. The summed E-state index contributed by atoms with van der Waals surface area (Å²) >= 11 is 0. The molecule has 0 unspecified atom stereocenters. The highest BCUT2D eigenvalue weighted by atomic mass is 16.5. The Balaban J connectivity index is 3.72. The van der Waals surface area contributed by atoms with Crippen LogP contribution in [0.15, 0.2) is 0 Å². The average molecular weight is 228 g/mol. The quantitative estimate of drug-likeness (QED) is 0.460. The fourth-order valence-corrected chi connectivity index (χ4v) is 2.03. The molecular formula is C14H28O2. The minimum atomic E-state index is -0.0368. The molecule has 0 aliphatic rings. The van der Waals surface area contributed by atoms with E-state index in [-0.39, 0.29) is 11.4 Å². The molecule has 2 heteroatoms. The summed E-state index contributed by atoms with van der Waals surface area (Å²) in [7, 11) is 0.